The highest BCUT2D eigenvalue weighted by molar-refractivity contribution is 7.88. The molecule has 0 radical (unpaired) electrons. The lowest BCUT2D eigenvalue weighted by molar-refractivity contribution is 0.0643. The molecule has 1 rings (SSSR count). The molecule has 0 aliphatic heterocycles. The lowest BCUT2D eigenvalue weighted by Crippen LogP contribution is -2.25. The first-order chi connectivity index (χ1) is 6.80. The highest BCUT2D eigenvalue weighted by Gasteiger charge is 2.17. The molecule has 1 aromatic heterocycles. The van der Waals surface area contributed by atoms with E-state index in [1.165, 1.54) is 7.05 Å². The molecule has 1 heterocycles. The van der Waals surface area contributed by atoms with Crippen molar-refractivity contribution in [2.45, 2.75) is 6.54 Å². The van der Waals surface area contributed by atoms with Crippen molar-refractivity contribution in [2.75, 3.05) is 13.3 Å². The zero-order valence-corrected chi connectivity index (χ0v) is 8.85. The van der Waals surface area contributed by atoms with E-state index < -0.39 is 21.9 Å². The maximum Gasteiger partial charge on any atom is 0.394 e. The number of carboxylic acid groups (broad SMARTS) is 1. The summed E-state index contributed by atoms with van der Waals surface area (Å²) in [5.41, 5.74) is 0. The van der Waals surface area contributed by atoms with Gasteiger partial charge in [0.2, 0.25) is 10.0 Å². The first-order valence-corrected chi connectivity index (χ1v) is 5.62. The van der Waals surface area contributed by atoms with Crippen LogP contribution in [0.15, 0.2) is 4.52 Å². The summed E-state index contributed by atoms with van der Waals surface area (Å²) in [7, 11) is -2.02. The fourth-order valence-electron chi connectivity index (χ4n) is 0.721. The minimum Gasteiger partial charge on any atom is -0.474 e. The van der Waals surface area contributed by atoms with Gasteiger partial charge >= 0.3 is 11.9 Å². The van der Waals surface area contributed by atoms with E-state index in [9.17, 15) is 13.2 Å². The van der Waals surface area contributed by atoms with Crippen LogP contribution in [0.2, 0.25) is 0 Å². The van der Waals surface area contributed by atoms with Gasteiger partial charge in [0.05, 0.1) is 12.8 Å². The zero-order valence-electron chi connectivity index (χ0n) is 8.04. The topological polar surface area (TPSA) is 114 Å². The van der Waals surface area contributed by atoms with E-state index in [2.05, 4.69) is 14.7 Å². The fourth-order valence-corrected chi connectivity index (χ4v) is 1.07. The van der Waals surface area contributed by atoms with Crippen molar-refractivity contribution in [1.82, 2.24) is 14.4 Å². The number of aromatic carboxylic acids is 1. The Kier molecular flexibility index (Phi) is 3.05. The molecule has 84 valence electrons. The van der Waals surface area contributed by atoms with Crippen molar-refractivity contribution >= 4 is 16.0 Å². The van der Waals surface area contributed by atoms with Gasteiger partial charge in [-0.1, -0.05) is 5.16 Å². The number of hydrogen-bond donors (Lipinski definition) is 1. The monoisotopic (exact) mass is 235 g/mol. The van der Waals surface area contributed by atoms with E-state index in [1.807, 2.05) is 0 Å². The summed E-state index contributed by atoms with van der Waals surface area (Å²) >= 11 is 0. The second-order valence-electron chi connectivity index (χ2n) is 2.84. The van der Waals surface area contributed by atoms with E-state index in [0.29, 0.717) is 0 Å². The maximum atomic E-state index is 11.0. The minimum atomic E-state index is -3.35. The third-order valence-electron chi connectivity index (χ3n) is 1.58. The second kappa shape index (κ2) is 3.95. The van der Waals surface area contributed by atoms with Crippen molar-refractivity contribution in [3.05, 3.63) is 11.7 Å². The maximum absolute atomic E-state index is 11.0. The Balaban J connectivity index is 2.78. The number of nitrogens with zero attached hydrogens (tertiary/aromatic N) is 3. The molecule has 15 heavy (non-hydrogen) atoms. The van der Waals surface area contributed by atoms with E-state index in [0.717, 1.165) is 10.6 Å². The summed E-state index contributed by atoms with van der Waals surface area (Å²) in [5.74, 6) is -1.91. The molecule has 0 unspecified atom stereocenters. The third-order valence-corrected chi connectivity index (χ3v) is 2.84. The van der Waals surface area contributed by atoms with Crippen LogP contribution in [-0.2, 0) is 16.6 Å². The summed E-state index contributed by atoms with van der Waals surface area (Å²) in [6.45, 7) is -0.129. The van der Waals surface area contributed by atoms with Crippen LogP contribution in [0.5, 0.6) is 0 Å². The molecule has 0 saturated carbocycles. The smallest absolute Gasteiger partial charge is 0.394 e. The summed E-state index contributed by atoms with van der Waals surface area (Å²) < 4.78 is 27.3. The standard InChI is InChI=1S/C6H9N3O5S/c1-9(15(2,12)13)3-4-7-5(6(10)11)14-8-4/h3H2,1-2H3,(H,10,11). The Labute approximate surface area is 85.6 Å². The number of hydrogen-bond acceptors (Lipinski definition) is 6. The molecule has 0 saturated heterocycles. The van der Waals surface area contributed by atoms with Crippen molar-refractivity contribution in [1.29, 1.82) is 0 Å². The molecule has 0 atom stereocenters. The highest BCUT2D eigenvalue weighted by Crippen LogP contribution is 2.03. The Morgan fingerprint density at radius 3 is 2.60 bits per heavy atom. The lowest BCUT2D eigenvalue weighted by atomic mass is 10.6. The Bertz CT molecular complexity index is 465. The molecule has 0 aliphatic carbocycles. The Hall–Kier alpha value is -1.48. The molecule has 0 aromatic carbocycles. The molecule has 1 N–H and O–H groups in total. The molecule has 1 aromatic rings. The molecule has 0 spiro atoms. The van der Waals surface area contributed by atoms with Gasteiger partial charge in [-0.3, -0.25) is 0 Å². The predicted octanol–water partition coefficient (Wildman–Crippen LogP) is -0.841. The largest absolute Gasteiger partial charge is 0.474 e. The van der Waals surface area contributed by atoms with E-state index in [-0.39, 0.29) is 12.4 Å². The van der Waals surface area contributed by atoms with Crippen LogP contribution in [0.1, 0.15) is 16.5 Å². The van der Waals surface area contributed by atoms with Crippen LogP contribution >= 0.6 is 0 Å². The minimum absolute atomic E-state index is 0.000301. The van der Waals surface area contributed by atoms with Gasteiger partial charge in [0.25, 0.3) is 0 Å². The van der Waals surface area contributed by atoms with Crippen molar-refractivity contribution in [2.24, 2.45) is 0 Å². The quantitative estimate of drug-likeness (QED) is 0.723. The van der Waals surface area contributed by atoms with E-state index >= 15 is 0 Å². The zero-order chi connectivity index (χ0) is 11.6. The number of aromatic nitrogens is 2. The van der Waals surface area contributed by atoms with Crippen LogP contribution in [0, 0.1) is 0 Å². The highest BCUT2D eigenvalue weighted by atomic mass is 32.2. The Morgan fingerprint density at radius 2 is 2.20 bits per heavy atom. The number of sulfonamides is 1. The average Bonchev–Trinajstić information content (AvgIpc) is 2.50. The van der Waals surface area contributed by atoms with Crippen LogP contribution in [0.25, 0.3) is 0 Å². The molecule has 0 fully saturated rings. The molecule has 9 heteroatoms. The van der Waals surface area contributed by atoms with Gasteiger partial charge in [0.15, 0.2) is 5.82 Å². The van der Waals surface area contributed by atoms with Crippen molar-refractivity contribution < 1.29 is 22.8 Å². The van der Waals surface area contributed by atoms with Crippen molar-refractivity contribution in [3.63, 3.8) is 0 Å². The molecule has 0 amide bonds. The number of rotatable bonds is 4. The summed E-state index contributed by atoms with van der Waals surface area (Å²) in [6.07, 6.45) is 1.02. The molecule has 0 aliphatic rings. The van der Waals surface area contributed by atoms with Gasteiger partial charge in [0.1, 0.15) is 0 Å². The van der Waals surface area contributed by atoms with Gasteiger partial charge in [-0.2, -0.15) is 9.29 Å². The van der Waals surface area contributed by atoms with E-state index in [4.69, 9.17) is 5.11 Å². The van der Waals surface area contributed by atoms with Crippen molar-refractivity contribution in [3.8, 4) is 0 Å². The van der Waals surface area contributed by atoms with E-state index in [1.54, 1.807) is 0 Å². The first kappa shape index (κ1) is 11.6. The number of carbonyl (C=O) groups is 1. The molecular formula is C6H9N3O5S. The van der Waals surface area contributed by atoms with Crippen LogP contribution in [0.3, 0.4) is 0 Å². The van der Waals surface area contributed by atoms with Gasteiger partial charge < -0.3 is 9.63 Å². The third kappa shape index (κ3) is 2.99. The summed E-state index contributed by atoms with van der Waals surface area (Å²) in [5, 5.41) is 11.8. The van der Waals surface area contributed by atoms with Crippen LogP contribution in [0.4, 0.5) is 0 Å². The Morgan fingerprint density at radius 1 is 1.60 bits per heavy atom. The van der Waals surface area contributed by atoms with Gasteiger partial charge in [0, 0.05) is 7.05 Å². The molecule has 8 nitrogen and oxygen atoms in total. The second-order valence-corrected chi connectivity index (χ2v) is 4.93. The SMILES string of the molecule is CN(Cc1noc(C(=O)O)n1)S(C)(=O)=O. The number of carboxylic acids is 1. The molecular weight excluding hydrogens is 226 g/mol. The van der Waals surface area contributed by atoms with Crippen LogP contribution < -0.4 is 0 Å². The summed E-state index contributed by atoms with van der Waals surface area (Å²) in [6, 6.07) is 0. The lowest BCUT2D eigenvalue weighted by Gasteiger charge is -2.10. The van der Waals surface area contributed by atoms with Gasteiger partial charge in [-0.15, -0.1) is 0 Å². The molecule has 0 bridgehead atoms. The van der Waals surface area contributed by atoms with Gasteiger partial charge in [-0.05, 0) is 0 Å². The predicted molar refractivity (Wildman–Crippen MR) is 47.6 cm³/mol. The fraction of sp³-hybridized carbons (Fsp3) is 0.500. The average molecular weight is 235 g/mol. The normalized spacial score (nSPS) is 11.9. The first-order valence-electron chi connectivity index (χ1n) is 3.78. The summed E-state index contributed by atoms with van der Waals surface area (Å²) in [4.78, 5) is 13.8. The van der Waals surface area contributed by atoms with Crippen LogP contribution in [-0.4, -0.2) is 47.2 Å². The van der Waals surface area contributed by atoms with Gasteiger partial charge in [-0.25, -0.2) is 13.2 Å².